The molecule has 0 unspecified atom stereocenters. The summed E-state index contributed by atoms with van der Waals surface area (Å²) in [6, 6.07) is 0. The van der Waals surface area contributed by atoms with Gasteiger partial charge in [-0.25, -0.2) is 0 Å². The Balaban J connectivity index is 2.62. The van der Waals surface area contributed by atoms with Gasteiger partial charge >= 0.3 is 0 Å². The van der Waals surface area contributed by atoms with Gasteiger partial charge in [-0.2, -0.15) is 0 Å². The number of hydrogen-bond donors (Lipinski definition) is 0. The Labute approximate surface area is 49.5 Å². The Morgan fingerprint density at radius 1 is 1.38 bits per heavy atom. The maximum atomic E-state index is 3.48. The molecule has 0 aromatic rings. The Kier molecular flexibility index (Phi) is 1.51. The molecule has 40 valence electrons. The third-order valence-electron chi connectivity index (χ3n) is 1.09. The molecule has 0 nitrogen and oxygen atoms in total. The SMILES string of the molecule is C=C=CC1C=CC=C1. The largest absolute Gasteiger partial charge is 0.132 e. The van der Waals surface area contributed by atoms with Gasteiger partial charge in [-0.05, 0) is 6.08 Å². The molecule has 0 atom stereocenters. The minimum Gasteiger partial charge on any atom is -0.132 e. The molecule has 0 saturated carbocycles. The molecule has 8 heavy (non-hydrogen) atoms. The van der Waals surface area contributed by atoms with E-state index in [0.29, 0.717) is 5.92 Å². The average molecular weight is 104 g/mol. The standard InChI is InChI=1S/C8H8/c1-2-5-8-6-3-4-7-8/h3-8H,1H2. The molecule has 0 bridgehead atoms. The quantitative estimate of drug-likeness (QED) is 0.447. The Bertz CT molecular complexity index is 154. The van der Waals surface area contributed by atoms with Crippen LogP contribution in [0.2, 0.25) is 0 Å². The molecule has 1 aliphatic rings. The number of allylic oxidation sites excluding steroid dienone is 5. The fourth-order valence-corrected chi connectivity index (χ4v) is 0.696. The predicted octanol–water partition coefficient (Wildman–Crippen LogP) is 2.07. The minimum atomic E-state index is 0.451. The van der Waals surface area contributed by atoms with Crippen molar-refractivity contribution in [1.82, 2.24) is 0 Å². The van der Waals surface area contributed by atoms with Crippen LogP contribution in [-0.4, -0.2) is 0 Å². The molecular formula is C8H8. The van der Waals surface area contributed by atoms with E-state index in [1.165, 1.54) is 0 Å². The lowest BCUT2D eigenvalue weighted by Crippen LogP contribution is -1.76. The van der Waals surface area contributed by atoms with E-state index in [1.807, 2.05) is 18.2 Å². The minimum absolute atomic E-state index is 0.451. The van der Waals surface area contributed by atoms with E-state index in [2.05, 4.69) is 24.5 Å². The zero-order valence-electron chi connectivity index (χ0n) is 4.67. The molecule has 0 aromatic heterocycles. The molecule has 0 amide bonds. The second kappa shape index (κ2) is 2.34. The summed E-state index contributed by atoms with van der Waals surface area (Å²) < 4.78 is 0. The molecule has 0 heteroatoms. The molecule has 0 radical (unpaired) electrons. The van der Waals surface area contributed by atoms with Crippen LogP contribution in [0.5, 0.6) is 0 Å². The lowest BCUT2D eigenvalue weighted by molar-refractivity contribution is 1.10. The van der Waals surface area contributed by atoms with Crippen LogP contribution in [0.1, 0.15) is 0 Å². The van der Waals surface area contributed by atoms with Crippen LogP contribution in [0.4, 0.5) is 0 Å². The summed E-state index contributed by atoms with van der Waals surface area (Å²) in [5.41, 5.74) is 2.73. The summed E-state index contributed by atoms with van der Waals surface area (Å²) in [6.07, 6.45) is 10.2. The first-order valence-corrected chi connectivity index (χ1v) is 2.64. The summed E-state index contributed by atoms with van der Waals surface area (Å²) in [7, 11) is 0. The zero-order valence-corrected chi connectivity index (χ0v) is 4.67. The first kappa shape index (κ1) is 5.14. The summed E-state index contributed by atoms with van der Waals surface area (Å²) in [6.45, 7) is 3.48. The van der Waals surface area contributed by atoms with Crippen molar-refractivity contribution in [3.8, 4) is 0 Å². The Morgan fingerprint density at radius 2 is 2.00 bits per heavy atom. The summed E-state index contributed by atoms with van der Waals surface area (Å²) in [5, 5.41) is 0. The monoisotopic (exact) mass is 104 g/mol. The van der Waals surface area contributed by atoms with E-state index in [9.17, 15) is 0 Å². The van der Waals surface area contributed by atoms with Crippen molar-refractivity contribution in [2.75, 3.05) is 0 Å². The van der Waals surface area contributed by atoms with Crippen LogP contribution in [0, 0.1) is 5.92 Å². The lowest BCUT2D eigenvalue weighted by atomic mass is 10.2. The highest BCUT2D eigenvalue weighted by Crippen LogP contribution is 2.08. The van der Waals surface area contributed by atoms with E-state index < -0.39 is 0 Å². The van der Waals surface area contributed by atoms with Crippen molar-refractivity contribution in [3.05, 3.63) is 42.7 Å². The third-order valence-corrected chi connectivity index (χ3v) is 1.09. The van der Waals surface area contributed by atoms with E-state index in [4.69, 9.17) is 0 Å². The Hall–Kier alpha value is -1.00. The van der Waals surface area contributed by atoms with E-state index >= 15 is 0 Å². The van der Waals surface area contributed by atoms with Gasteiger partial charge in [0, 0.05) is 5.92 Å². The van der Waals surface area contributed by atoms with Gasteiger partial charge in [0.25, 0.3) is 0 Å². The van der Waals surface area contributed by atoms with Crippen molar-refractivity contribution < 1.29 is 0 Å². The van der Waals surface area contributed by atoms with Crippen LogP contribution in [-0.2, 0) is 0 Å². The molecule has 0 heterocycles. The predicted molar refractivity (Wildman–Crippen MR) is 35.5 cm³/mol. The van der Waals surface area contributed by atoms with Crippen molar-refractivity contribution in [1.29, 1.82) is 0 Å². The number of hydrogen-bond acceptors (Lipinski definition) is 0. The highest BCUT2D eigenvalue weighted by Gasteiger charge is 1.94. The maximum absolute atomic E-state index is 3.48. The summed E-state index contributed by atoms with van der Waals surface area (Å²) in [4.78, 5) is 0. The third kappa shape index (κ3) is 0.988. The Morgan fingerprint density at radius 3 is 2.50 bits per heavy atom. The van der Waals surface area contributed by atoms with E-state index in [0.717, 1.165) is 0 Å². The van der Waals surface area contributed by atoms with E-state index in [1.54, 1.807) is 0 Å². The zero-order chi connectivity index (χ0) is 5.82. The van der Waals surface area contributed by atoms with Crippen LogP contribution in [0.15, 0.2) is 42.7 Å². The molecule has 0 aromatic carbocycles. The van der Waals surface area contributed by atoms with Crippen molar-refractivity contribution in [3.63, 3.8) is 0 Å². The number of rotatable bonds is 1. The molecule has 0 aliphatic heterocycles. The smallest absolute Gasteiger partial charge is 0.0209 e. The van der Waals surface area contributed by atoms with Gasteiger partial charge in [-0.1, -0.05) is 30.9 Å². The van der Waals surface area contributed by atoms with Gasteiger partial charge in [-0.3, -0.25) is 0 Å². The van der Waals surface area contributed by atoms with Crippen LogP contribution >= 0.6 is 0 Å². The first-order chi connectivity index (χ1) is 3.93. The molecule has 1 rings (SSSR count). The fraction of sp³-hybridized carbons (Fsp3) is 0.125. The molecule has 0 fully saturated rings. The molecule has 0 spiro atoms. The van der Waals surface area contributed by atoms with Crippen molar-refractivity contribution >= 4 is 0 Å². The van der Waals surface area contributed by atoms with Crippen LogP contribution in [0.25, 0.3) is 0 Å². The fourth-order valence-electron chi connectivity index (χ4n) is 0.696. The van der Waals surface area contributed by atoms with E-state index in [-0.39, 0.29) is 0 Å². The molecule has 0 saturated heterocycles. The lowest BCUT2D eigenvalue weighted by Gasteiger charge is -1.87. The molecule has 0 N–H and O–H groups in total. The summed E-state index contributed by atoms with van der Waals surface area (Å²) >= 11 is 0. The van der Waals surface area contributed by atoms with Gasteiger partial charge < -0.3 is 0 Å². The summed E-state index contributed by atoms with van der Waals surface area (Å²) in [5.74, 6) is 0.451. The van der Waals surface area contributed by atoms with Gasteiger partial charge in [0.1, 0.15) is 0 Å². The van der Waals surface area contributed by atoms with Gasteiger partial charge in [0.05, 0.1) is 0 Å². The van der Waals surface area contributed by atoms with Gasteiger partial charge in [0.2, 0.25) is 0 Å². The normalized spacial score (nSPS) is 16.5. The first-order valence-electron chi connectivity index (χ1n) is 2.64. The highest BCUT2D eigenvalue weighted by molar-refractivity contribution is 5.22. The molecular weight excluding hydrogens is 96.1 g/mol. The van der Waals surface area contributed by atoms with Gasteiger partial charge in [0.15, 0.2) is 0 Å². The topological polar surface area (TPSA) is 0 Å². The maximum Gasteiger partial charge on any atom is 0.0209 e. The second-order valence-electron chi connectivity index (χ2n) is 1.72. The van der Waals surface area contributed by atoms with Crippen molar-refractivity contribution in [2.45, 2.75) is 0 Å². The second-order valence-corrected chi connectivity index (χ2v) is 1.72. The van der Waals surface area contributed by atoms with Crippen LogP contribution in [0.3, 0.4) is 0 Å². The van der Waals surface area contributed by atoms with Crippen LogP contribution < -0.4 is 0 Å². The van der Waals surface area contributed by atoms with Gasteiger partial charge in [-0.15, -0.1) is 5.73 Å². The van der Waals surface area contributed by atoms with Crippen molar-refractivity contribution in [2.24, 2.45) is 5.92 Å². The molecule has 1 aliphatic carbocycles. The average Bonchev–Trinajstić information content (AvgIpc) is 2.19. The highest BCUT2D eigenvalue weighted by atomic mass is 14.0.